The first-order chi connectivity index (χ1) is 9.60. The standard InChI is InChI=1S/C18H30N2/c1-14-10-15(2)12-17(11-14)18(19-4)13-20-9-7-5-6-8-16(20)3/h10-12,16,18-19H,5-9,13H2,1-4H3. The Morgan fingerprint density at radius 2 is 1.85 bits per heavy atom. The Hall–Kier alpha value is -0.860. The lowest BCUT2D eigenvalue weighted by molar-refractivity contribution is 0.193. The zero-order chi connectivity index (χ0) is 14.5. The van der Waals surface area contributed by atoms with Crippen molar-refractivity contribution < 1.29 is 0 Å². The van der Waals surface area contributed by atoms with Crippen LogP contribution in [-0.2, 0) is 0 Å². The topological polar surface area (TPSA) is 15.3 Å². The zero-order valence-electron chi connectivity index (χ0n) is 13.6. The fourth-order valence-corrected chi connectivity index (χ4v) is 3.41. The van der Waals surface area contributed by atoms with Crippen molar-refractivity contribution in [1.82, 2.24) is 10.2 Å². The highest BCUT2D eigenvalue weighted by Gasteiger charge is 2.21. The summed E-state index contributed by atoms with van der Waals surface area (Å²) in [5.41, 5.74) is 4.16. The molecule has 1 fully saturated rings. The van der Waals surface area contributed by atoms with Crippen LogP contribution in [0.3, 0.4) is 0 Å². The maximum absolute atomic E-state index is 3.52. The smallest absolute Gasteiger partial charge is 0.0447 e. The van der Waals surface area contributed by atoms with E-state index in [2.05, 4.69) is 56.2 Å². The lowest BCUT2D eigenvalue weighted by Crippen LogP contribution is -2.39. The van der Waals surface area contributed by atoms with Gasteiger partial charge in [0.15, 0.2) is 0 Å². The highest BCUT2D eigenvalue weighted by atomic mass is 15.2. The highest BCUT2D eigenvalue weighted by molar-refractivity contribution is 5.30. The predicted octanol–water partition coefficient (Wildman–Crippen LogP) is 3.83. The lowest BCUT2D eigenvalue weighted by atomic mass is 10.0. The fourth-order valence-electron chi connectivity index (χ4n) is 3.41. The summed E-state index contributed by atoms with van der Waals surface area (Å²) in [6, 6.07) is 8.08. The molecule has 2 rings (SSSR count). The molecule has 1 aliphatic heterocycles. The van der Waals surface area contributed by atoms with Gasteiger partial charge in [0.25, 0.3) is 0 Å². The highest BCUT2D eigenvalue weighted by Crippen LogP contribution is 2.22. The Labute approximate surface area is 124 Å². The molecule has 112 valence electrons. The summed E-state index contributed by atoms with van der Waals surface area (Å²) in [6.45, 7) is 9.15. The second kappa shape index (κ2) is 7.24. The number of rotatable bonds is 4. The first-order valence-corrected chi connectivity index (χ1v) is 8.09. The number of hydrogen-bond donors (Lipinski definition) is 1. The number of likely N-dealkylation sites (N-methyl/N-ethyl adjacent to an activating group) is 1. The molecular formula is C18H30N2. The molecule has 1 aromatic rings. The third-order valence-electron chi connectivity index (χ3n) is 4.60. The molecule has 0 aromatic heterocycles. The van der Waals surface area contributed by atoms with Crippen molar-refractivity contribution in [3.8, 4) is 0 Å². The van der Waals surface area contributed by atoms with Crippen molar-refractivity contribution in [2.24, 2.45) is 0 Å². The van der Waals surface area contributed by atoms with Crippen LogP contribution in [0.15, 0.2) is 18.2 Å². The van der Waals surface area contributed by atoms with Gasteiger partial charge in [0.05, 0.1) is 0 Å². The first-order valence-electron chi connectivity index (χ1n) is 8.09. The minimum atomic E-state index is 0.439. The van der Waals surface area contributed by atoms with Gasteiger partial charge in [-0.3, -0.25) is 4.90 Å². The van der Waals surface area contributed by atoms with Crippen LogP contribution in [0.5, 0.6) is 0 Å². The van der Waals surface area contributed by atoms with E-state index in [0.717, 1.165) is 12.6 Å². The van der Waals surface area contributed by atoms with Gasteiger partial charge in [-0.05, 0) is 52.8 Å². The summed E-state index contributed by atoms with van der Waals surface area (Å²) >= 11 is 0. The first kappa shape index (κ1) is 15.5. The normalized spacial score (nSPS) is 22.5. The molecule has 1 saturated heterocycles. The molecule has 0 bridgehead atoms. The quantitative estimate of drug-likeness (QED) is 0.897. The van der Waals surface area contributed by atoms with Crippen molar-refractivity contribution >= 4 is 0 Å². The maximum atomic E-state index is 3.52. The van der Waals surface area contributed by atoms with E-state index in [9.17, 15) is 0 Å². The van der Waals surface area contributed by atoms with Crippen LogP contribution in [0.1, 0.15) is 55.3 Å². The van der Waals surface area contributed by atoms with Crippen LogP contribution >= 0.6 is 0 Å². The molecule has 0 saturated carbocycles. The Morgan fingerprint density at radius 1 is 1.15 bits per heavy atom. The summed E-state index contributed by atoms with van der Waals surface area (Å²) < 4.78 is 0. The number of aryl methyl sites for hydroxylation is 2. The molecule has 2 unspecified atom stereocenters. The molecule has 20 heavy (non-hydrogen) atoms. The molecule has 2 atom stereocenters. The molecule has 0 amide bonds. The van der Waals surface area contributed by atoms with E-state index in [1.807, 2.05) is 0 Å². The van der Waals surface area contributed by atoms with Crippen molar-refractivity contribution in [1.29, 1.82) is 0 Å². The summed E-state index contributed by atoms with van der Waals surface area (Å²) in [7, 11) is 2.09. The van der Waals surface area contributed by atoms with Crippen molar-refractivity contribution in [2.75, 3.05) is 20.1 Å². The van der Waals surface area contributed by atoms with Gasteiger partial charge < -0.3 is 5.32 Å². The Morgan fingerprint density at radius 3 is 2.50 bits per heavy atom. The summed E-state index contributed by atoms with van der Waals surface area (Å²) in [5.74, 6) is 0. The molecular weight excluding hydrogens is 244 g/mol. The second-order valence-electron chi connectivity index (χ2n) is 6.46. The van der Waals surface area contributed by atoms with Crippen LogP contribution in [0.4, 0.5) is 0 Å². The number of nitrogens with zero attached hydrogens (tertiary/aromatic N) is 1. The van der Waals surface area contributed by atoms with Gasteiger partial charge in [-0.25, -0.2) is 0 Å². The fraction of sp³-hybridized carbons (Fsp3) is 0.667. The predicted molar refractivity (Wildman–Crippen MR) is 87.2 cm³/mol. The van der Waals surface area contributed by atoms with Crippen LogP contribution in [-0.4, -0.2) is 31.1 Å². The van der Waals surface area contributed by atoms with Crippen molar-refractivity contribution in [3.63, 3.8) is 0 Å². The average molecular weight is 274 g/mol. The van der Waals surface area contributed by atoms with E-state index < -0.39 is 0 Å². The molecule has 0 aliphatic carbocycles. The molecule has 1 N–H and O–H groups in total. The SMILES string of the molecule is CNC(CN1CCCCCC1C)c1cc(C)cc(C)c1. The van der Waals surface area contributed by atoms with Crippen LogP contribution in [0.2, 0.25) is 0 Å². The molecule has 1 heterocycles. The van der Waals surface area contributed by atoms with Crippen molar-refractivity contribution in [2.45, 2.75) is 58.5 Å². The maximum Gasteiger partial charge on any atom is 0.0447 e. The second-order valence-corrected chi connectivity index (χ2v) is 6.46. The minimum Gasteiger partial charge on any atom is -0.312 e. The third-order valence-corrected chi connectivity index (χ3v) is 4.60. The Bertz CT molecular complexity index is 407. The van der Waals surface area contributed by atoms with E-state index in [0.29, 0.717) is 6.04 Å². The summed E-state index contributed by atoms with van der Waals surface area (Å²) in [4.78, 5) is 2.67. The van der Waals surface area contributed by atoms with Gasteiger partial charge in [0, 0.05) is 18.6 Å². The third kappa shape index (κ3) is 4.07. The molecule has 0 spiro atoms. The van der Waals surface area contributed by atoms with Gasteiger partial charge in [-0.2, -0.15) is 0 Å². The van der Waals surface area contributed by atoms with Crippen molar-refractivity contribution in [3.05, 3.63) is 34.9 Å². The number of benzene rings is 1. The molecule has 1 aliphatic rings. The Balaban J connectivity index is 2.11. The van der Waals surface area contributed by atoms with Crippen LogP contribution in [0, 0.1) is 13.8 Å². The summed E-state index contributed by atoms with van der Waals surface area (Å²) in [6.07, 6.45) is 5.50. The molecule has 0 radical (unpaired) electrons. The Kier molecular flexibility index (Phi) is 5.62. The largest absolute Gasteiger partial charge is 0.312 e. The van der Waals surface area contributed by atoms with Crippen LogP contribution < -0.4 is 5.32 Å². The monoisotopic (exact) mass is 274 g/mol. The van der Waals surface area contributed by atoms with Gasteiger partial charge in [0.2, 0.25) is 0 Å². The van der Waals surface area contributed by atoms with E-state index in [1.54, 1.807) is 0 Å². The van der Waals surface area contributed by atoms with Gasteiger partial charge in [-0.1, -0.05) is 42.2 Å². The molecule has 2 heteroatoms. The van der Waals surface area contributed by atoms with E-state index in [-0.39, 0.29) is 0 Å². The van der Waals surface area contributed by atoms with Crippen LogP contribution in [0.25, 0.3) is 0 Å². The van der Waals surface area contributed by atoms with E-state index in [1.165, 1.54) is 48.9 Å². The van der Waals surface area contributed by atoms with E-state index in [4.69, 9.17) is 0 Å². The number of likely N-dealkylation sites (tertiary alicyclic amines) is 1. The zero-order valence-corrected chi connectivity index (χ0v) is 13.6. The molecule has 1 aromatic carbocycles. The number of nitrogens with one attached hydrogen (secondary N) is 1. The van der Waals surface area contributed by atoms with Gasteiger partial charge in [-0.15, -0.1) is 0 Å². The molecule has 2 nitrogen and oxygen atoms in total. The van der Waals surface area contributed by atoms with Gasteiger partial charge >= 0.3 is 0 Å². The minimum absolute atomic E-state index is 0.439. The lowest BCUT2D eigenvalue weighted by Gasteiger charge is -2.31. The average Bonchev–Trinajstić information content (AvgIpc) is 2.59. The van der Waals surface area contributed by atoms with E-state index >= 15 is 0 Å². The van der Waals surface area contributed by atoms with Gasteiger partial charge in [0.1, 0.15) is 0 Å². The summed E-state index contributed by atoms with van der Waals surface area (Å²) in [5, 5.41) is 3.52. The number of hydrogen-bond acceptors (Lipinski definition) is 2.